The Morgan fingerprint density at radius 3 is 1.68 bits per heavy atom. The van der Waals surface area contributed by atoms with E-state index >= 15 is 0 Å². The number of hydrogen-bond donors (Lipinski definition) is 0. The highest BCUT2D eigenvalue weighted by Crippen LogP contribution is 2.42. The number of nitrogens with zero attached hydrogens (tertiary/aromatic N) is 4. The molecule has 4 aromatic rings. The lowest BCUT2D eigenvalue weighted by Crippen LogP contribution is -1.82. The van der Waals surface area contributed by atoms with Crippen molar-refractivity contribution in [3.05, 3.63) is 125 Å². The second-order valence-electron chi connectivity index (χ2n) is 7.89. The summed E-state index contributed by atoms with van der Waals surface area (Å²) in [7, 11) is 0. The molecule has 0 spiro atoms. The van der Waals surface area contributed by atoms with Crippen molar-refractivity contribution in [2.75, 3.05) is 0 Å². The molecule has 0 amide bonds. The minimum atomic E-state index is -0.508. The van der Waals surface area contributed by atoms with E-state index in [1.54, 1.807) is 36.4 Å². The fraction of sp³-hybridized carbons (Fsp3) is 0.0968. The van der Waals surface area contributed by atoms with Crippen LogP contribution in [-0.4, -0.2) is 30.4 Å². The molecule has 4 aromatic carbocycles. The van der Waals surface area contributed by atoms with Gasteiger partial charge < -0.3 is 0 Å². The Morgan fingerprint density at radius 1 is 0.610 bits per heavy atom. The number of halogens is 2. The molecule has 2 atom stereocenters. The molecule has 0 heterocycles. The van der Waals surface area contributed by atoms with Gasteiger partial charge in [-0.2, -0.15) is 15.0 Å². The Bertz CT molecular complexity index is 1520. The molecule has 0 saturated heterocycles. The smallest absolute Gasteiger partial charge is 0.211 e. The second-order valence-corrected chi connectivity index (χ2v) is 8.74. The predicted octanol–water partition coefficient (Wildman–Crippen LogP) is 7.74. The predicted molar refractivity (Wildman–Crippen MR) is 156 cm³/mol. The van der Waals surface area contributed by atoms with Crippen LogP contribution < -0.4 is 0 Å². The fourth-order valence-electron chi connectivity index (χ4n) is 3.19. The summed E-state index contributed by atoms with van der Waals surface area (Å²) >= 11 is 3.22. The Kier molecular flexibility index (Phi) is 14.8. The largest absolute Gasteiger partial charge is 0.240 e. The molecule has 10 heteroatoms. The Hall–Kier alpha value is -5.19. The maximum atomic E-state index is 12.5. The van der Waals surface area contributed by atoms with Crippen LogP contribution >= 0.6 is 15.9 Å². The summed E-state index contributed by atoms with van der Waals surface area (Å²) in [6.45, 7) is 0. The minimum absolute atomic E-state index is 0.0255. The van der Waals surface area contributed by atoms with Gasteiger partial charge in [0.25, 0.3) is 0 Å². The standard InChI is InChI=1S/C10H9NO.C7H4BrNO.C7H4FNO.C7H5NO/c12-7-11-10-6-9(10)8-4-2-1-3-5-8;2*8-6-3-1-2-4-7(6)9-5-10;9-6-8-7-4-2-1-3-5-7/h1-5,9-10H,6H2;2*1-4H;1-5H/t9-,10+;;;/m0.../s1. The zero-order chi connectivity index (χ0) is 29.7. The van der Waals surface area contributed by atoms with Crippen molar-refractivity contribution in [1.29, 1.82) is 0 Å². The number of para-hydroxylation sites is 3. The average molecular weight is 613 g/mol. The van der Waals surface area contributed by atoms with Crippen LogP contribution in [0, 0.1) is 5.82 Å². The summed E-state index contributed by atoms with van der Waals surface area (Å²) in [6, 6.07) is 32.3. The second kappa shape index (κ2) is 19.0. The van der Waals surface area contributed by atoms with Crippen molar-refractivity contribution in [3.8, 4) is 0 Å². The van der Waals surface area contributed by atoms with E-state index in [0.717, 1.165) is 10.9 Å². The van der Waals surface area contributed by atoms with Gasteiger partial charge in [0, 0.05) is 10.4 Å². The van der Waals surface area contributed by atoms with Crippen molar-refractivity contribution in [3.63, 3.8) is 0 Å². The van der Waals surface area contributed by atoms with E-state index < -0.39 is 5.82 Å². The third kappa shape index (κ3) is 12.5. The molecule has 0 radical (unpaired) electrons. The van der Waals surface area contributed by atoms with Gasteiger partial charge in [0.05, 0.1) is 17.4 Å². The molecule has 1 aliphatic rings. The summed E-state index contributed by atoms with van der Waals surface area (Å²) in [5.74, 6) is -0.0431. The molecule has 41 heavy (non-hydrogen) atoms. The van der Waals surface area contributed by atoms with Crippen LogP contribution in [-0.2, 0) is 19.2 Å². The number of benzene rings is 4. The molecule has 0 bridgehead atoms. The van der Waals surface area contributed by atoms with Crippen LogP contribution in [0.25, 0.3) is 0 Å². The first kappa shape index (κ1) is 32.0. The quantitative estimate of drug-likeness (QED) is 0.169. The highest BCUT2D eigenvalue weighted by molar-refractivity contribution is 9.10. The van der Waals surface area contributed by atoms with E-state index in [0.29, 0.717) is 17.3 Å². The normalized spacial score (nSPS) is 13.5. The van der Waals surface area contributed by atoms with E-state index in [1.165, 1.54) is 42.0 Å². The van der Waals surface area contributed by atoms with E-state index in [2.05, 4.69) is 48.0 Å². The number of isocyanates is 4. The van der Waals surface area contributed by atoms with Gasteiger partial charge in [-0.05, 0) is 64.3 Å². The molecular weight excluding hydrogens is 591 g/mol. The van der Waals surface area contributed by atoms with Crippen LogP contribution in [0.2, 0.25) is 0 Å². The Labute approximate surface area is 243 Å². The molecule has 0 aliphatic heterocycles. The first-order valence-corrected chi connectivity index (χ1v) is 12.7. The van der Waals surface area contributed by atoms with Crippen molar-refractivity contribution in [2.24, 2.45) is 20.0 Å². The van der Waals surface area contributed by atoms with Gasteiger partial charge in [-0.15, -0.1) is 0 Å². The van der Waals surface area contributed by atoms with Gasteiger partial charge in [0.2, 0.25) is 24.3 Å². The maximum Gasteiger partial charge on any atom is 0.240 e. The van der Waals surface area contributed by atoms with E-state index in [4.69, 9.17) is 0 Å². The summed E-state index contributed by atoms with van der Waals surface area (Å²) in [5.41, 5.74) is 2.56. The zero-order valence-electron chi connectivity index (χ0n) is 21.4. The molecule has 0 N–H and O–H groups in total. The van der Waals surface area contributed by atoms with Crippen LogP contribution in [0.5, 0.6) is 0 Å². The fourth-order valence-corrected chi connectivity index (χ4v) is 3.56. The maximum absolute atomic E-state index is 12.5. The third-order valence-electron chi connectivity index (χ3n) is 5.17. The lowest BCUT2D eigenvalue weighted by molar-refractivity contribution is 0.562. The topological polar surface area (TPSA) is 118 Å². The SMILES string of the molecule is O=C=N[C@@H]1C[C@H]1c1ccccc1.O=C=Nc1ccccc1.O=C=Nc1ccccc1Br.O=C=Nc1ccccc1F. The summed E-state index contributed by atoms with van der Waals surface area (Å²) in [5, 5.41) is 0. The molecule has 0 unspecified atom stereocenters. The number of hydrogen-bond acceptors (Lipinski definition) is 8. The van der Waals surface area contributed by atoms with E-state index in [1.807, 2.05) is 48.5 Å². The Morgan fingerprint density at radius 2 is 1.12 bits per heavy atom. The lowest BCUT2D eigenvalue weighted by atomic mass is 10.1. The van der Waals surface area contributed by atoms with Gasteiger partial charge in [-0.3, -0.25) is 0 Å². The van der Waals surface area contributed by atoms with Crippen molar-refractivity contribution >= 4 is 57.3 Å². The molecule has 0 aromatic heterocycles. The molecule has 204 valence electrons. The van der Waals surface area contributed by atoms with Gasteiger partial charge in [0.15, 0.2) is 0 Å². The van der Waals surface area contributed by atoms with Crippen LogP contribution in [0.4, 0.5) is 21.5 Å². The van der Waals surface area contributed by atoms with Gasteiger partial charge in [0.1, 0.15) is 11.5 Å². The number of carbonyl (C=O) groups excluding carboxylic acids is 4. The minimum Gasteiger partial charge on any atom is -0.211 e. The van der Waals surface area contributed by atoms with Gasteiger partial charge in [-0.25, -0.2) is 28.6 Å². The van der Waals surface area contributed by atoms with Crippen molar-refractivity contribution in [2.45, 2.75) is 18.4 Å². The molecule has 5 rings (SSSR count). The first-order valence-electron chi connectivity index (χ1n) is 11.9. The summed E-state index contributed by atoms with van der Waals surface area (Å²) in [4.78, 5) is 52.8. The average Bonchev–Trinajstić information content (AvgIpc) is 3.78. The highest BCUT2D eigenvalue weighted by atomic mass is 79.9. The lowest BCUT2D eigenvalue weighted by Gasteiger charge is -1.94. The van der Waals surface area contributed by atoms with Crippen LogP contribution in [0.1, 0.15) is 17.9 Å². The first-order chi connectivity index (χ1) is 20.0. The monoisotopic (exact) mass is 612 g/mol. The number of aliphatic imine (C=N–C) groups is 4. The van der Waals surface area contributed by atoms with E-state index in [-0.39, 0.29) is 11.7 Å². The zero-order valence-corrected chi connectivity index (χ0v) is 23.0. The summed E-state index contributed by atoms with van der Waals surface area (Å²) < 4.78 is 13.3. The molecule has 1 aliphatic carbocycles. The Balaban J connectivity index is 0.000000192. The highest BCUT2D eigenvalue weighted by Gasteiger charge is 2.38. The van der Waals surface area contributed by atoms with Crippen molar-refractivity contribution < 1.29 is 23.6 Å². The summed E-state index contributed by atoms with van der Waals surface area (Å²) in [6.07, 6.45) is 6.79. The number of rotatable bonds is 5. The molecule has 1 saturated carbocycles. The van der Waals surface area contributed by atoms with Gasteiger partial charge in [-0.1, -0.05) is 72.8 Å². The van der Waals surface area contributed by atoms with Crippen molar-refractivity contribution in [1.82, 2.24) is 0 Å². The van der Waals surface area contributed by atoms with Crippen LogP contribution in [0.3, 0.4) is 0 Å². The van der Waals surface area contributed by atoms with E-state index in [9.17, 15) is 23.6 Å². The molecule has 8 nitrogen and oxygen atoms in total. The molecular formula is C31H22BrFN4O4. The third-order valence-corrected chi connectivity index (χ3v) is 5.84. The molecule has 1 fully saturated rings. The van der Waals surface area contributed by atoms with Crippen LogP contribution in [0.15, 0.2) is 134 Å². The van der Waals surface area contributed by atoms with Gasteiger partial charge >= 0.3 is 0 Å².